The second kappa shape index (κ2) is 16.0. The Balaban J connectivity index is 1.11. The zero-order chi connectivity index (χ0) is 44.0. The first-order valence-corrected chi connectivity index (χ1v) is 25.8. The van der Waals surface area contributed by atoms with E-state index < -0.39 is 33.2 Å². The van der Waals surface area contributed by atoms with Gasteiger partial charge < -0.3 is 25.2 Å². The number of carbonyl (C=O) groups excluding carboxylic acids is 2. The van der Waals surface area contributed by atoms with Gasteiger partial charge >= 0.3 is 18.0 Å². The van der Waals surface area contributed by atoms with E-state index in [9.17, 15) is 27.9 Å². The van der Waals surface area contributed by atoms with Crippen molar-refractivity contribution in [2.24, 2.45) is 74.4 Å². The molecular weight excluding hydrogens is 779 g/mol. The van der Waals surface area contributed by atoms with Crippen molar-refractivity contribution in [3.63, 3.8) is 0 Å². The Bertz CT molecular complexity index is 1750. The SMILES string of the molecule is CCOC(=O)NC(C)C(CN[C@]12CC[C@@H](C(C)C)[C@@H]1[C@H]1CC[C@@H]3[C@@]4(C)CC[C@H](OC(=O)[C@H]5C[C@@H](C(=O)O)C5(C)C)C(C)(C)[C@@H]4CC[C@@]3(C)[C@]1(C)CC2)N1CCS(=O)(=O)CC1. The number of carboxylic acid groups (broad SMARTS) is 1. The molecular formula is C48H81N3O8S. The maximum absolute atomic E-state index is 13.7. The lowest BCUT2D eigenvalue weighted by Gasteiger charge is -2.73. The van der Waals surface area contributed by atoms with Crippen LogP contribution >= 0.6 is 0 Å². The summed E-state index contributed by atoms with van der Waals surface area (Å²) in [5.41, 5.74) is -0.293. The number of carbonyl (C=O) groups is 3. The van der Waals surface area contributed by atoms with Gasteiger partial charge in [-0.15, -0.1) is 0 Å². The number of aliphatic carboxylic acids is 1. The molecule has 3 N–H and O–H groups in total. The molecule has 6 saturated carbocycles. The van der Waals surface area contributed by atoms with E-state index in [0.29, 0.717) is 68.2 Å². The molecule has 7 fully saturated rings. The summed E-state index contributed by atoms with van der Waals surface area (Å²) in [5.74, 6) is 1.74. The van der Waals surface area contributed by atoms with Crippen LogP contribution in [-0.4, -0.2) is 97.9 Å². The smallest absolute Gasteiger partial charge is 0.407 e. The second-order valence-corrected chi connectivity index (χ2v) is 25.7. The Labute approximate surface area is 362 Å². The maximum Gasteiger partial charge on any atom is 0.407 e. The number of hydrogen-bond donors (Lipinski definition) is 3. The number of hydrogen-bond acceptors (Lipinski definition) is 9. The number of rotatable bonds is 11. The zero-order valence-electron chi connectivity index (χ0n) is 39.0. The topological polar surface area (TPSA) is 151 Å². The van der Waals surface area contributed by atoms with E-state index in [-0.39, 0.29) is 68.8 Å². The molecule has 0 aromatic carbocycles. The van der Waals surface area contributed by atoms with Gasteiger partial charge in [0.15, 0.2) is 9.84 Å². The molecule has 0 radical (unpaired) electrons. The van der Waals surface area contributed by atoms with Crippen molar-refractivity contribution >= 4 is 27.9 Å². The molecule has 1 aliphatic heterocycles. The van der Waals surface area contributed by atoms with E-state index in [1.807, 2.05) is 27.7 Å². The summed E-state index contributed by atoms with van der Waals surface area (Å²) in [6.07, 6.45) is 11.1. The van der Waals surface area contributed by atoms with Crippen LogP contribution in [0.25, 0.3) is 0 Å². The van der Waals surface area contributed by atoms with Crippen LogP contribution in [0.15, 0.2) is 0 Å². The highest BCUT2D eigenvalue weighted by Crippen LogP contribution is 2.76. The summed E-state index contributed by atoms with van der Waals surface area (Å²) < 4.78 is 36.7. The number of amides is 1. The first-order chi connectivity index (χ1) is 27.9. The standard InChI is InChI=1S/C48H81N3O8S/c1-12-58-42(55)50-30(4)35(51-23-25-60(56,57)26-24-51)28-49-48-20-15-31(29(2)3)39(48)32-13-14-37-45(9)18-17-38(59-41(54)34-27-33(40(52)53)43(34,5)6)44(7,8)36(45)16-19-47(37,11)46(32,10)21-22-48/h29-39,49H,12-28H2,1-11H3,(H,50,55)(H,52,53)/t30?,31-,32+,33-,34+,35?,36-,37+,38-,39+,45-,46+,47+,48-/m0/s1. The van der Waals surface area contributed by atoms with E-state index in [4.69, 9.17) is 9.47 Å². The summed E-state index contributed by atoms with van der Waals surface area (Å²) in [4.78, 5) is 40.5. The highest BCUT2D eigenvalue weighted by atomic mass is 32.2. The highest BCUT2D eigenvalue weighted by molar-refractivity contribution is 7.91. The molecule has 12 heteroatoms. The normalized spacial score (nSPS) is 43.8. The molecule has 0 aromatic rings. The lowest BCUT2D eigenvalue weighted by atomic mass is 9.32. The van der Waals surface area contributed by atoms with E-state index in [1.54, 1.807) is 0 Å². The van der Waals surface area contributed by atoms with Gasteiger partial charge in [0.05, 0.1) is 29.9 Å². The Kier molecular flexibility index (Phi) is 12.3. The number of esters is 1. The molecule has 2 unspecified atom stereocenters. The number of nitrogens with one attached hydrogen (secondary N) is 2. The third-order valence-electron chi connectivity index (χ3n) is 20.1. The summed E-state index contributed by atoms with van der Waals surface area (Å²) in [5, 5.41) is 17.1. The number of alkyl carbamates (subject to hydrolysis) is 1. The van der Waals surface area contributed by atoms with Gasteiger partial charge in [0.1, 0.15) is 6.10 Å². The van der Waals surface area contributed by atoms with Crippen molar-refractivity contribution < 1.29 is 37.4 Å². The second-order valence-electron chi connectivity index (χ2n) is 23.4. The van der Waals surface area contributed by atoms with Crippen LogP contribution in [0, 0.1) is 74.4 Å². The third kappa shape index (κ3) is 7.36. The van der Waals surface area contributed by atoms with Crippen LogP contribution in [-0.2, 0) is 28.9 Å². The molecule has 6 aliphatic carbocycles. The van der Waals surface area contributed by atoms with Gasteiger partial charge in [0.2, 0.25) is 0 Å². The van der Waals surface area contributed by atoms with Gasteiger partial charge in [0, 0.05) is 42.7 Å². The molecule has 1 heterocycles. The molecule has 60 heavy (non-hydrogen) atoms. The average molecular weight is 860 g/mol. The molecule has 7 rings (SSSR count). The zero-order valence-corrected chi connectivity index (χ0v) is 39.8. The first-order valence-electron chi connectivity index (χ1n) is 23.9. The Morgan fingerprint density at radius 3 is 2.10 bits per heavy atom. The van der Waals surface area contributed by atoms with Crippen LogP contribution in [0.2, 0.25) is 0 Å². The average Bonchev–Trinajstić information content (AvgIpc) is 3.53. The van der Waals surface area contributed by atoms with E-state index in [0.717, 1.165) is 32.1 Å². The highest BCUT2D eigenvalue weighted by Gasteiger charge is 2.71. The van der Waals surface area contributed by atoms with E-state index in [2.05, 4.69) is 64.0 Å². The Hall–Kier alpha value is -1.92. The van der Waals surface area contributed by atoms with Crippen LogP contribution < -0.4 is 10.6 Å². The van der Waals surface area contributed by atoms with Crippen LogP contribution in [0.4, 0.5) is 4.79 Å². The minimum atomic E-state index is -3.06. The van der Waals surface area contributed by atoms with Crippen molar-refractivity contribution in [2.45, 2.75) is 171 Å². The number of sulfone groups is 1. The van der Waals surface area contributed by atoms with E-state index >= 15 is 0 Å². The number of nitrogens with zero attached hydrogens (tertiary/aromatic N) is 1. The van der Waals surface area contributed by atoms with Gasteiger partial charge in [-0.05, 0) is 142 Å². The first kappa shape index (κ1) is 46.1. The predicted molar refractivity (Wildman–Crippen MR) is 234 cm³/mol. The predicted octanol–water partition coefficient (Wildman–Crippen LogP) is 7.96. The van der Waals surface area contributed by atoms with Crippen LogP contribution in [0.3, 0.4) is 0 Å². The van der Waals surface area contributed by atoms with Crippen LogP contribution in [0.1, 0.15) is 147 Å². The largest absolute Gasteiger partial charge is 0.481 e. The molecule has 11 nitrogen and oxygen atoms in total. The number of carboxylic acids is 1. The lowest BCUT2D eigenvalue weighted by Crippen LogP contribution is -2.69. The lowest BCUT2D eigenvalue weighted by molar-refractivity contribution is -0.249. The molecule has 7 aliphatic rings. The fourth-order valence-electron chi connectivity index (χ4n) is 16.3. The van der Waals surface area contributed by atoms with Crippen molar-refractivity contribution in [3.8, 4) is 0 Å². The molecule has 1 amide bonds. The fourth-order valence-corrected chi connectivity index (χ4v) is 17.5. The monoisotopic (exact) mass is 860 g/mol. The minimum absolute atomic E-state index is 0.00338. The maximum atomic E-state index is 13.7. The van der Waals surface area contributed by atoms with E-state index in [1.165, 1.54) is 32.1 Å². The summed E-state index contributed by atoms with van der Waals surface area (Å²) in [6, 6.07) is -0.278. The van der Waals surface area contributed by atoms with Crippen LogP contribution in [0.5, 0.6) is 0 Å². The Morgan fingerprint density at radius 1 is 0.800 bits per heavy atom. The molecule has 1 saturated heterocycles. The van der Waals surface area contributed by atoms with Crippen molar-refractivity contribution in [2.75, 3.05) is 37.7 Å². The van der Waals surface area contributed by atoms with Gasteiger partial charge in [-0.3, -0.25) is 14.5 Å². The minimum Gasteiger partial charge on any atom is -0.481 e. The van der Waals surface area contributed by atoms with Crippen molar-refractivity contribution in [1.82, 2.24) is 15.5 Å². The van der Waals surface area contributed by atoms with Gasteiger partial charge in [0.25, 0.3) is 0 Å². The van der Waals surface area contributed by atoms with Gasteiger partial charge in [-0.1, -0.05) is 62.3 Å². The molecule has 0 spiro atoms. The van der Waals surface area contributed by atoms with Gasteiger partial charge in [-0.2, -0.15) is 0 Å². The number of ether oxygens (including phenoxy) is 2. The molecule has 342 valence electrons. The summed E-state index contributed by atoms with van der Waals surface area (Å²) >= 11 is 0. The summed E-state index contributed by atoms with van der Waals surface area (Å²) in [7, 11) is -3.06. The molecule has 0 bridgehead atoms. The Morgan fingerprint density at radius 2 is 1.48 bits per heavy atom. The quantitative estimate of drug-likeness (QED) is 0.175. The van der Waals surface area contributed by atoms with Crippen molar-refractivity contribution in [3.05, 3.63) is 0 Å². The van der Waals surface area contributed by atoms with Gasteiger partial charge in [-0.25, -0.2) is 13.2 Å². The third-order valence-corrected chi connectivity index (χ3v) is 21.7. The molecule has 0 aromatic heterocycles. The number of fused-ring (bicyclic) bond motifs is 7. The fraction of sp³-hybridized carbons (Fsp3) is 0.938. The molecule has 14 atom stereocenters. The van der Waals surface area contributed by atoms with Crippen molar-refractivity contribution in [1.29, 1.82) is 0 Å². The summed E-state index contributed by atoms with van der Waals surface area (Å²) in [6.45, 7) is 27.1.